The van der Waals surface area contributed by atoms with Gasteiger partial charge in [-0.2, -0.15) is 0 Å². The molecule has 118 valence electrons. The van der Waals surface area contributed by atoms with E-state index in [9.17, 15) is 0 Å². The number of rotatable bonds is 6. The Morgan fingerprint density at radius 2 is 1.78 bits per heavy atom. The molecule has 0 spiro atoms. The molecule has 3 aromatic rings. The van der Waals surface area contributed by atoms with E-state index in [0.29, 0.717) is 17.5 Å². The number of thioether (sulfide) groups is 1. The van der Waals surface area contributed by atoms with E-state index in [1.165, 1.54) is 5.56 Å². The quantitative estimate of drug-likeness (QED) is 0.623. The van der Waals surface area contributed by atoms with Crippen molar-refractivity contribution in [1.29, 1.82) is 0 Å². The first-order chi connectivity index (χ1) is 11.2. The van der Waals surface area contributed by atoms with Gasteiger partial charge in [-0.1, -0.05) is 54.2 Å². The Balaban J connectivity index is 1.63. The maximum atomic E-state index is 5.75. The second kappa shape index (κ2) is 7.33. The predicted molar refractivity (Wildman–Crippen MR) is 90.8 cm³/mol. The molecule has 1 atom stereocenters. The van der Waals surface area contributed by atoms with Gasteiger partial charge in [-0.05, 0) is 30.2 Å². The van der Waals surface area contributed by atoms with Gasteiger partial charge in [-0.15, -0.1) is 10.2 Å². The summed E-state index contributed by atoms with van der Waals surface area (Å²) in [5, 5.41) is 9.14. The van der Waals surface area contributed by atoms with Crippen molar-refractivity contribution in [1.82, 2.24) is 10.2 Å². The van der Waals surface area contributed by atoms with Crippen LogP contribution in [0.15, 0.2) is 64.2 Å². The summed E-state index contributed by atoms with van der Waals surface area (Å²) >= 11 is 1.57. The molecule has 23 heavy (non-hydrogen) atoms. The zero-order chi connectivity index (χ0) is 16.1. The summed E-state index contributed by atoms with van der Waals surface area (Å²) in [7, 11) is 1.66. The molecule has 4 nitrogen and oxygen atoms in total. The fraction of sp³-hybridized carbons (Fsp3) is 0.222. The van der Waals surface area contributed by atoms with Crippen LogP contribution in [0.25, 0.3) is 0 Å². The fourth-order valence-corrected chi connectivity index (χ4v) is 3.05. The predicted octanol–water partition coefficient (Wildman–Crippen LogP) is 4.52. The average molecular weight is 326 g/mol. The molecular weight excluding hydrogens is 308 g/mol. The van der Waals surface area contributed by atoms with E-state index in [0.717, 1.165) is 11.3 Å². The normalized spacial score (nSPS) is 12.1. The lowest BCUT2D eigenvalue weighted by Gasteiger charge is -2.07. The molecule has 2 aromatic carbocycles. The van der Waals surface area contributed by atoms with Crippen molar-refractivity contribution < 1.29 is 9.15 Å². The van der Waals surface area contributed by atoms with Gasteiger partial charge in [0.25, 0.3) is 5.22 Å². The van der Waals surface area contributed by atoms with Crippen LogP contribution in [-0.4, -0.2) is 17.3 Å². The van der Waals surface area contributed by atoms with Gasteiger partial charge in [-0.25, -0.2) is 0 Å². The van der Waals surface area contributed by atoms with E-state index in [2.05, 4.69) is 29.3 Å². The Morgan fingerprint density at radius 3 is 2.48 bits per heavy atom. The van der Waals surface area contributed by atoms with Crippen LogP contribution in [-0.2, 0) is 6.42 Å². The minimum atomic E-state index is 0.269. The molecule has 0 bridgehead atoms. The third kappa shape index (κ3) is 4.13. The number of hydrogen-bond donors (Lipinski definition) is 0. The van der Waals surface area contributed by atoms with Gasteiger partial charge in [0.1, 0.15) is 5.75 Å². The fourth-order valence-electron chi connectivity index (χ4n) is 2.22. The third-order valence-electron chi connectivity index (χ3n) is 3.51. The summed E-state index contributed by atoms with van der Waals surface area (Å²) in [6.07, 6.45) is 0.622. The molecule has 0 fully saturated rings. The lowest BCUT2D eigenvalue weighted by atomic mass is 10.1. The van der Waals surface area contributed by atoms with Crippen LogP contribution in [0.2, 0.25) is 0 Å². The van der Waals surface area contributed by atoms with Gasteiger partial charge in [-0.3, -0.25) is 0 Å². The van der Waals surface area contributed by atoms with Crippen LogP contribution in [0.5, 0.6) is 5.75 Å². The third-order valence-corrected chi connectivity index (χ3v) is 4.50. The highest BCUT2D eigenvalue weighted by molar-refractivity contribution is 7.99. The van der Waals surface area contributed by atoms with Crippen LogP contribution in [0.4, 0.5) is 0 Å². The van der Waals surface area contributed by atoms with Gasteiger partial charge >= 0.3 is 0 Å². The highest BCUT2D eigenvalue weighted by Gasteiger charge is 2.13. The number of nitrogens with zero attached hydrogens (tertiary/aromatic N) is 2. The molecule has 0 aliphatic carbocycles. The smallest absolute Gasteiger partial charge is 0.277 e. The molecular formula is C18H18N2O2S. The van der Waals surface area contributed by atoms with Crippen LogP contribution >= 0.6 is 11.8 Å². The SMILES string of the molecule is COc1ccc(Cc2nnc(SC(C)c3ccccc3)o2)cc1. The zero-order valence-corrected chi connectivity index (χ0v) is 13.9. The zero-order valence-electron chi connectivity index (χ0n) is 13.1. The summed E-state index contributed by atoms with van der Waals surface area (Å²) in [4.78, 5) is 0. The molecule has 0 amide bonds. The number of aromatic nitrogens is 2. The molecule has 0 radical (unpaired) electrons. The van der Waals surface area contributed by atoms with Crippen molar-refractivity contribution in [3.8, 4) is 5.75 Å². The molecule has 0 saturated heterocycles. The van der Waals surface area contributed by atoms with Gasteiger partial charge < -0.3 is 9.15 Å². The largest absolute Gasteiger partial charge is 0.497 e. The maximum absolute atomic E-state index is 5.75. The lowest BCUT2D eigenvalue weighted by Crippen LogP contribution is -1.89. The number of benzene rings is 2. The standard InChI is InChI=1S/C18H18N2O2S/c1-13(15-6-4-3-5-7-15)23-18-20-19-17(22-18)12-14-8-10-16(21-2)11-9-14/h3-11,13H,12H2,1-2H3. The van der Waals surface area contributed by atoms with E-state index in [1.54, 1.807) is 18.9 Å². The molecule has 1 aromatic heterocycles. The highest BCUT2D eigenvalue weighted by atomic mass is 32.2. The second-order valence-electron chi connectivity index (χ2n) is 5.16. The monoisotopic (exact) mass is 326 g/mol. The van der Waals surface area contributed by atoms with Crippen molar-refractivity contribution in [3.05, 3.63) is 71.6 Å². The van der Waals surface area contributed by atoms with E-state index >= 15 is 0 Å². The summed E-state index contributed by atoms with van der Waals surface area (Å²) in [5.74, 6) is 1.46. The lowest BCUT2D eigenvalue weighted by molar-refractivity contribution is 0.413. The Labute approximate surface area is 139 Å². The van der Waals surface area contributed by atoms with Crippen molar-refractivity contribution in [2.24, 2.45) is 0 Å². The Bertz CT molecular complexity index is 741. The Morgan fingerprint density at radius 1 is 1.04 bits per heavy atom. The van der Waals surface area contributed by atoms with E-state index in [4.69, 9.17) is 9.15 Å². The van der Waals surface area contributed by atoms with Crippen LogP contribution in [0.1, 0.15) is 29.2 Å². The Hall–Kier alpha value is -2.27. The van der Waals surface area contributed by atoms with E-state index in [-0.39, 0.29) is 5.25 Å². The molecule has 0 N–H and O–H groups in total. The number of methoxy groups -OCH3 is 1. The first kappa shape index (κ1) is 15.6. The number of ether oxygens (including phenoxy) is 1. The molecule has 3 rings (SSSR count). The van der Waals surface area contributed by atoms with Gasteiger partial charge in [0.05, 0.1) is 13.5 Å². The van der Waals surface area contributed by atoms with Crippen LogP contribution in [0.3, 0.4) is 0 Å². The van der Waals surface area contributed by atoms with Gasteiger partial charge in [0.15, 0.2) is 0 Å². The first-order valence-electron chi connectivity index (χ1n) is 7.41. The second-order valence-corrected chi connectivity index (χ2v) is 6.45. The maximum Gasteiger partial charge on any atom is 0.277 e. The van der Waals surface area contributed by atoms with Crippen LogP contribution < -0.4 is 4.74 Å². The molecule has 1 heterocycles. The van der Waals surface area contributed by atoms with E-state index < -0.39 is 0 Å². The van der Waals surface area contributed by atoms with Crippen molar-refractivity contribution >= 4 is 11.8 Å². The van der Waals surface area contributed by atoms with Gasteiger partial charge in [0, 0.05) is 5.25 Å². The summed E-state index contributed by atoms with van der Waals surface area (Å²) in [6, 6.07) is 18.2. The Kier molecular flexibility index (Phi) is 4.98. The average Bonchev–Trinajstić information content (AvgIpc) is 3.03. The first-order valence-corrected chi connectivity index (χ1v) is 8.29. The minimum Gasteiger partial charge on any atom is -0.497 e. The minimum absolute atomic E-state index is 0.269. The molecule has 0 aliphatic rings. The van der Waals surface area contributed by atoms with Crippen molar-refractivity contribution in [2.75, 3.05) is 7.11 Å². The molecule has 0 saturated carbocycles. The van der Waals surface area contributed by atoms with Gasteiger partial charge in [0.2, 0.25) is 5.89 Å². The van der Waals surface area contributed by atoms with E-state index in [1.807, 2.05) is 42.5 Å². The summed E-state index contributed by atoms with van der Waals surface area (Å²) in [6.45, 7) is 2.13. The molecule has 1 unspecified atom stereocenters. The number of hydrogen-bond acceptors (Lipinski definition) is 5. The molecule has 5 heteroatoms. The van der Waals surface area contributed by atoms with Crippen molar-refractivity contribution in [2.45, 2.75) is 23.8 Å². The summed E-state index contributed by atoms with van der Waals surface area (Å²) < 4.78 is 10.9. The van der Waals surface area contributed by atoms with Crippen molar-refractivity contribution in [3.63, 3.8) is 0 Å². The van der Waals surface area contributed by atoms with Crippen LogP contribution in [0, 0.1) is 0 Å². The summed E-state index contributed by atoms with van der Waals surface area (Å²) in [5.41, 5.74) is 2.36. The molecule has 0 aliphatic heterocycles. The topological polar surface area (TPSA) is 48.2 Å². The highest BCUT2D eigenvalue weighted by Crippen LogP contribution is 2.33.